The van der Waals surface area contributed by atoms with Crippen LogP contribution in [0, 0.1) is 13.8 Å². The topological polar surface area (TPSA) is 21.3 Å². The molecule has 0 atom stereocenters. The maximum Gasteiger partial charge on any atom is 0.119 e. The van der Waals surface area contributed by atoms with E-state index >= 15 is 0 Å². The number of nitrogens with one attached hydrogen (secondary N) is 1. The Morgan fingerprint density at radius 2 is 1.57 bits per heavy atom. The number of rotatable bonds is 9. The Bertz CT molecular complexity index is 569. The summed E-state index contributed by atoms with van der Waals surface area (Å²) in [4.78, 5) is 0. The van der Waals surface area contributed by atoms with Gasteiger partial charge in [-0.25, -0.2) is 0 Å². The largest absolute Gasteiger partial charge is 0.494 e. The first kappa shape index (κ1) is 17.4. The molecule has 0 radical (unpaired) electrons. The molecule has 0 aromatic heterocycles. The van der Waals surface area contributed by atoms with E-state index < -0.39 is 0 Å². The normalized spacial score (nSPS) is 10.6. The minimum absolute atomic E-state index is 0.819. The van der Waals surface area contributed by atoms with Gasteiger partial charge in [0.25, 0.3) is 0 Å². The third-order valence-electron chi connectivity index (χ3n) is 4.14. The number of para-hydroxylation sites is 1. The Labute approximate surface area is 140 Å². The molecule has 0 saturated carbocycles. The molecule has 1 N–H and O–H groups in total. The molecule has 23 heavy (non-hydrogen) atoms. The number of aryl methyl sites for hydroxylation is 2. The maximum atomic E-state index is 5.79. The summed E-state index contributed by atoms with van der Waals surface area (Å²) in [6.07, 6.45) is 4.96. The zero-order chi connectivity index (χ0) is 16.5. The Balaban J connectivity index is 1.81. The van der Waals surface area contributed by atoms with Crippen molar-refractivity contribution in [2.75, 3.05) is 11.9 Å². The highest BCUT2D eigenvalue weighted by Gasteiger charge is 2.02. The molecule has 0 heterocycles. The van der Waals surface area contributed by atoms with Crippen LogP contribution >= 0.6 is 0 Å². The molecule has 0 bridgehead atoms. The van der Waals surface area contributed by atoms with Crippen LogP contribution in [-0.2, 0) is 6.54 Å². The number of hydrogen-bond donors (Lipinski definition) is 1. The zero-order valence-electron chi connectivity index (χ0n) is 14.7. The highest BCUT2D eigenvalue weighted by molar-refractivity contribution is 5.56. The molecular formula is C21H29NO. The van der Waals surface area contributed by atoms with Gasteiger partial charge in [-0.3, -0.25) is 0 Å². The molecule has 0 amide bonds. The second kappa shape index (κ2) is 9.24. The third-order valence-corrected chi connectivity index (χ3v) is 4.14. The van der Waals surface area contributed by atoms with E-state index in [1.807, 2.05) is 0 Å². The smallest absolute Gasteiger partial charge is 0.119 e. The van der Waals surface area contributed by atoms with Gasteiger partial charge < -0.3 is 10.1 Å². The summed E-state index contributed by atoms with van der Waals surface area (Å²) in [5.41, 5.74) is 5.09. The Morgan fingerprint density at radius 3 is 2.22 bits per heavy atom. The van der Waals surface area contributed by atoms with Gasteiger partial charge in [0.05, 0.1) is 6.61 Å². The average Bonchev–Trinajstić information content (AvgIpc) is 2.55. The third kappa shape index (κ3) is 5.63. The lowest BCUT2D eigenvalue weighted by Crippen LogP contribution is -2.03. The van der Waals surface area contributed by atoms with E-state index in [1.54, 1.807) is 0 Å². The van der Waals surface area contributed by atoms with E-state index in [-0.39, 0.29) is 0 Å². The van der Waals surface area contributed by atoms with Crippen LogP contribution in [-0.4, -0.2) is 6.61 Å². The first-order chi connectivity index (χ1) is 11.2. The number of unbranched alkanes of at least 4 members (excludes halogenated alkanes) is 3. The summed E-state index contributed by atoms with van der Waals surface area (Å²) < 4.78 is 5.79. The fourth-order valence-corrected chi connectivity index (χ4v) is 2.71. The molecule has 124 valence electrons. The SMILES string of the molecule is CCCCCCOc1ccc(CNc2c(C)cccc2C)cc1. The van der Waals surface area contributed by atoms with Crippen LogP contribution in [0.4, 0.5) is 5.69 Å². The van der Waals surface area contributed by atoms with Crippen molar-refractivity contribution < 1.29 is 4.74 Å². The van der Waals surface area contributed by atoms with E-state index in [1.165, 1.54) is 41.6 Å². The van der Waals surface area contributed by atoms with Crippen LogP contribution < -0.4 is 10.1 Å². The molecule has 0 aliphatic heterocycles. The van der Waals surface area contributed by atoms with Crippen molar-refractivity contribution in [3.8, 4) is 5.75 Å². The summed E-state index contributed by atoms with van der Waals surface area (Å²) in [6, 6.07) is 14.8. The fraction of sp³-hybridized carbons (Fsp3) is 0.429. The summed E-state index contributed by atoms with van der Waals surface area (Å²) in [5.74, 6) is 0.970. The van der Waals surface area contributed by atoms with Gasteiger partial charge in [0.1, 0.15) is 5.75 Å². The van der Waals surface area contributed by atoms with Crippen molar-refractivity contribution in [2.45, 2.75) is 53.0 Å². The van der Waals surface area contributed by atoms with Gasteiger partial charge in [-0.05, 0) is 49.1 Å². The van der Waals surface area contributed by atoms with Gasteiger partial charge in [0, 0.05) is 12.2 Å². The fourth-order valence-electron chi connectivity index (χ4n) is 2.71. The van der Waals surface area contributed by atoms with Gasteiger partial charge in [0.15, 0.2) is 0 Å². The molecule has 0 spiro atoms. The Morgan fingerprint density at radius 1 is 0.870 bits per heavy atom. The van der Waals surface area contributed by atoms with Crippen molar-refractivity contribution >= 4 is 5.69 Å². The second-order valence-corrected chi connectivity index (χ2v) is 6.17. The molecule has 0 unspecified atom stereocenters. The summed E-state index contributed by atoms with van der Waals surface area (Å²) in [7, 11) is 0. The molecular weight excluding hydrogens is 282 g/mol. The van der Waals surface area contributed by atoms with Crippen molar-refractivity contribution in [2.24, 2.45) is 0 Å². The quantitative estimate of drug-likeness (QED) is 0.584. The standard InChI is InChI=1S/C21H29NO/c1-4-5-6-7-15-23-20-13-11-19(12-14-20)16-22-21-17(2)9-8-10-18(21)3/h8-14,22H,4-7,15-16H2,1-3H3. The van der Waals surface area contributed by atoms with Crippen molar-refractivity contribution in [1.29, 1.82) is 0 Å². The molecule has 2 rings (SSSR count). The van der Waals surface area contributed by atoms with Gasteiger partial charge in [0.2, 0.25) is 0 Å². The van der Waals surface area contributed by atoms with Gasteiger partial charge in [-0.15, -0.1) is 0 Å². The molecule has 0 aliphatic rings. The highest BCUT2D eigenvalue weighted by atomic mass is 16.5. The molecule has 0 aliphatic carbocycles. The number of anilines is 1. The molecule has 0 fully saturated rings. The minimum Gasteiger partial charge on any atom is -0.494 e. The zero-order valence-corrected chi connectivity index (χ0v) is 14.7. The summed E-state index contributed by atoms with van der Waals surface area (Å²) in [5, 5.41) is 3.54. The molecule has 0 saturated heterocycles. The van der Waals surface area contributed by atoms with E-state index in [9.17, 15) is 0 Å². The van der Waals surface area contributed by atoms with Gasteiger partial charge >= 0.3 is 0 Å². The lowest BCUT2D eigenvalue weighted by molar-refractivity contribution is 0.305. The molecule has 2 aromatic carbocycles. The predicted molar refractivity (Wildman–Crippen MR) is 99.3 cm³/mol. The van der Waals surface area contributed by atoms with E-state index in [2.05, 4.69) is 68.6 Å². The van der Waals surface area contributed by atoms with Crippen molar-refractivity contribution in [3.63, 3.8) is 0 Å². The highest BCUT2D eigenvalue weighted by Crippen LogP contribution is 2.21. The van der Waals surface area contributed by atoms with Gasteiger partial charge in [-0.1, -0.05) is 56.5 Å². The van der Waals surface area contributed by atoms with E-state index in [0.717, 1.165) is 25.3 Å². The lowest BCUT2D eigenvalue weighted by atomic mass is 10.1. The second-order valence-electron chi connectivity index (χ2n) is 6.17. The van der Waals surface area contributed by atoms with Crippen LogP contribution in [0.15, 0.2) is 42.5 Å². The van der Waals surface area contributed by atoms with Crippen LogP contribution in [0.2, 0.25) is 0 Å². The number of ether oxygens (including phenoxy) is 1. The van der Waals surface area contributed by atoms with Crippen LogP contribution in [0.5, 0.6) is 5.75 Å². The Kier molecular flexibility index (Phi) is 6.99. The Hall–Kier alpha value is -1.96. The number of hydrogen-bond acceptors (Lipinski definition) is 2. The van der Waals surface area contributed by atoms with Crippen LogP contribution in [0.25, 0.3) is 0 Å². The van der Waals surface area contributed by atoms with Crippen molar-refractivity contribution in [3.05, 3.63) is 59.2 Å². The molecule has 2 heteroatoms. The van der Waals surface area contributed by atoms with Crippen LogP contribution in [0.3, 0.4) is 0 Å². The first-order valence-corrected chi connectivity index (χ1v) is 8.72. The maximum absolute atomic E-state index is 5.79. The number of benzene rings is 2. The molecule has 2 nitrogen and oxygen atoms in total. The van der Waals surface area contributed by atoms with Crippen LogP contribution in [0.1, 0.15) is 49.3 Å². The monoisotopic (exact) mass is 311 g/mol. The molecule has 2 aromatic rings. The van der Waals surface area contributed by atoms with E-state index in [4.69, 9.17) is 4.74 Å². The first-order valence-electron chi connectivity index (χ1n) is 8.72. The van der Waals surface area contributed by atoms with E-state index in [0.29, 0.717) is 0 Å². The minimum atomic E-state index is 0.819. The summed E-state index contributed by atoms with van der Waals surface area (Å²) >= 11 is 0. The summed E-state index contributed by atoms with van der Waals surface area (Å²) in [6.45, 7) is 8.17. The van der Waals surface area contributed by atoms with Crippen molar-refractivity contribution in [1.82, 2.24) is 0 Å². The van der Waals surface area contributed by atoms with Gasteiger partial charge in [-0.2, -0.15) is 0 Å². The lowest BCUT2D eigenvalue weighted by Gasteiger charge is -2.13. The average molecular weight is 311 g/mol. The predicted octanol–water partition coefficient (Wildman–Crippen LogP) is 5.87.